The summed E-state index contributed by atoms with van der Waals surface area (Å²) in [4.78, 5) is 17.9. The fourth-order valence-corrected chi connectivity index (χ4v) is 1.78. The van der Waals surface area contributed by atoms with Crippen molar-refractivity contribution in [3.05, 3.63) is 47.0 Å². The van der Waals surface area contributed by atoms with E-state index in [-0.39, 0.29) is 5.78 Å². The number of halogens is 1. The maximum Gasteiger partial charge on any atom is 0.205 e. The molecule has 0 spiro atoms. The van der Waals surface area contributed by atoms with E-state index in [2.05, 4.69) is 20.9 Å². The summed E-state index contributed by atoms with van der Waals surface area (Å²) in [6, 6.07) is 3.75. The minimum absolute atomic E-state index is 0.0655. The van der Waals surface area contributed by atoms with Gasteiger partial charge in [0, 0.05) is 37.0 Å². The predicted molar refractivity (Wildman–Crippen MR) is 70.0 cm³/mol. The summed E-state index contributed by atoms with van der Waals surface area (Å²) in [5, 5.41) is 0. The number of hydrogen-bond donors (Lipinski definition) is 0. The average Bonchev–Trinajstić information content (AvgIpc) is 2.68. The van der Waals surface area contributed by atoms with Crippen LogP contribution in [-0.4, -0.2) is 34.2 Å². The van der Waals surface area contributed by atoms with Crippen molar-refractivity contribution >= 4 is 27.4 Å². The minimum atomic E-state index is -0.0655. The van der Waals surface area contributed by atoms with Gasteiger partial charge in [-0.3, -0.25) is 9.20 Å². The molecule has 0 N–H and O–H groups in total. The third-order valence-corrected chi connectivity index (χ3v) is 2.72. The Labute approximate surface area is 108 Å². The number of carbonyl (C=O) groups excluding carboxylic acids is 1. The number of ketones is 1. The molecule has 0 atom stereocenters. The second-order valence-corrected chi connectivity index (χ2v) is 4.78. The van der Waals surface area contributed by atoms with Crippen LogP contribution in [-0.2, 0) is 0 Å². The molecule has 5 heteroatoms. The summed E-state index contributed by atoms with van der Waals surface area (Å²) in [6.45, 7) is 0. The summed E-state index contributed by atoms with van der Waals surface area (Å²) in [5.41, 5.74) is 1.31. The number of hydrogen-bond acceptors (Lipinski definition) is 3. The lowest BCUT2D eigenvalue weighted by Gasteiger charge is -2.03. The highest BCUT2D eigenvalue weighted by atomic mass is 79.9. The molecule has 17 heavy (non-hydrogen) atoms. The Hall–Kier alpha value is -1.62. The van der Waals surface area contributed by atoms with E-state index in [0.29, 0.717) is 5.69 Å². The first-order valence-electron chi connectivity index (χ1n) is 5.09. The van der Waals surface area contributed by atoms with Crippen molar-refractivity contribution < 1.29 is 4.79 Å². The largest absolute Gasteiger partial charge is 0.383 e. The number of rotatable bonds is 3. The smallest absolute Gasteiger partial charge is 0.205 e. The molecule has 4 nitrogen and oxygen atoms in total. The molecule has 0 aliphatic rings. The van der Waals surface area contributed by atoms with Crippen molar-refractivity contribution in [2.75, 3.05) is 14.1 Å². The minimum Gasteiger partial charge on any atom is -0.383 e. The standard InChI is InChI=1S/C12H12BrN3O/c1-15(2)6-5-11(17)10-7-14-12-4-3-9(13)8-16(10)12/h3-8H,1-2H3/b6-5+. The fourth-order valence-electron chi connectivity index (χ4n) is 1.44. The van der Waals surface area contributed by atoms with Gasteiger partial charge in [0.25, 0.3) is 0 Å². The van der Waals surface area contributed by atoms with Crippen LogP contribution < -0.4 is 0 Å². The number of pyridine rings is 1. The van der Waals surface area contributed by atoms with Crippen LogP contribution in [0.4, 0.5) is 0 Å². The van der Waals surface area contributed by atoms with Gasteiger partial charge < -0.3 is 4.90 Å². The van der Waals surface area contributed by atoms with Gasteiger partial charge in [-0.05, 0) is 28.1 Å². The molecular formula is C12H12BrN3O. The monoisotopic (exact) mass is 293 g/mol. The van der Waals surface area contributed by atoms with Crippen LogP contribution in [0.5, 0.6) is 0 Å². The third kappa shape index (κ3) is 2.55. The number of fused-ring (bicyclic) bond motifs is 1. The lowest BCUT2D eigenvalue weighted by molar-refractivity contribution is 0.104. The van der Waals surface area contributed by atoms with Crippen LogP contribution in [0.2, 0.25) is 0 Å². The highest BCUT2D eigenvalue weighted by Gasteiger charge is 2.09. The van der Waals surface area contributed by atoms with Gasteiger partial charge in [0.1, 0.15) is 11.3 Å². The molecule has 0 aliphatic heterocycles. The Morgan fingerprint density at radius 3 is 2.94 bits per heavy atom. The molecular weight excluding hydrogens is 282 g/mol. The van der Waals surface area contributed by atoms with Crippen molar-refractivity contribution in [2.45, 2.75) is 0 Å². The first-order valence-corrected chi connectivity index (χ1v) is 5.89. The Morgan fingerprint density at radius 2 is 2.24 bits per heavy atom. The van der Waals surface area contributed by atoms with Gasteiger partial charge in [-0.25, -0.2) is 4.98 Å². The Morgan fingerprint density at radius 1 is 1.47 bits per heavy atom. The number of imidazole rings is 1. The topological polar surface area (TPSA) is 37.6 Å². The summed E-state index contributed by atoms with van der Waals surface area (Å²) < 4.78 is 2.68. The zero-order chi connectivity index (χ0) is 12.4. The molecule has 0 aliphatic carbocycles. The first kappa shape index (κ1) is 11.9. The van der Waals surface area contributed by atoms with Gasteiger partial charge in [0.05, 0.1) is 6.20 Å². The molecule has 0 amide bonds. The Balaban J connectivity index is 2.42. The average molecular weight is 294 g/mol. The lowest BCUT2D eigenvalue weighted by Crippen LogP contribution is -2.04. The number of aromatic nitrogens is 2. The van der Waals surface area contributed by atoms with E-state index >= 15 is 0 Å². The van der Waals surface area contributed by atoms with E-state index < -0.39 is 0 Å². The zero-order valence-electron chi connectivity index (χ0n) is 9.59. The summed E-state index contributed by atoms with van der Waals surface area (Å²) in [5.74, 6) is -0.0655. The summed E-state index contributed by atoms with van der Waals surface area (Å²) in [7, 11) is 3.74. The van der Waals surface area contributed by atoms with Gasteiger partial charge in [-0.1, -0.05) is 0 Å². The van der Waals surface area contributed by atoms with Crippen LogP contribution in [0.1, 0.15) is 10.5 Å². The van der Waals surface area contributed by atoms with Crippen LogP contribution in [0.25, 0.3) is 5.65 Å². The van der Waals surface area contributed by atoms with Gasteiger partial charge in [0.2, 0.25) is 5.78 Å². The molecule has 0 fully saturated rings. The van der Waals surface area contributed by atoms with Crippen molar-refractivity contribution in [2.24, 2.45) is 0 Å². The molecule has 0 aromatic carbocycles. The maximum atomic E-state index is 11.9. The van der Waals surface area contributed by atoms with Crippen molar-refractivity contribution in [3.8, 4) is 0 Å². The van der Waals surface area contributed by atoms with E-state index in [0.717, 1.165) is 10.1 Å². The Bertz CT molecular complexity index is 586. The van der Waals surface area contributed by atoms with Crippen molar-refractivity contribution in [1.82, 2.24) is 14.3 Å². The zero-order valence-corrected chi connectivity index (χ0v) is 11.2. The van der Waals surface area contributed by atoms with Gasteiger partial charge >= 0.3 is 0 Å². The lowest BCUT2D eigenvalue weighted by atomic mass is 10.3. The second kappa shape index (κ2) is 4.71. The molecule has 2 aromatic heterocycles. The SMILES string of the molecule is CN(C)/C=C/C(=O)c1cnc2ccc(Br)cn12. The van der Waals surface area contributed by atoms with Crippen molar-refractivity contribution in [3.63, 3.8) is 0 Å². The van der Waals surface area contributed by atoms with E-state index in [4.69, 9.17) is 0 Å². The van der Waals surface area contributed by atoms with Crippen LogP contribution in [0, 0.1) is 0 Å². The number of allylic oxidation sites excluding steroid dienone is 1. The Kier molecular flexibility index (Phi) is 3.28. The summed E-state index contributed by atoms with van der Waals surface area (Å²) in [6.07, 6.45) is 6.67. The molecule has 2 rings (SSSR count). The predicted octanol–water partition coefficient (Wildman–Crippen LogP) is 2.35. The first-order chi connectivity index (χ1) is 8.08. The van der Waals surface area contributed by atoms with E-state index in [1.807, 2.05) is 37.3 Å². The third-order valence-electron chi connectivity index (χ3n) is 2.25. The molecule has 88 valence electrons. The molecule has 2 aromatic rings. The maximum absolute atomic E-state index is 11.9. The van der Waals surface area contributed by atoms with E-state index in [1.165, 1.54) is 6.08 Å². The highest BCUT2D eigenvalue weighted by Crippen LogP contribution is 2.14. The van der Waals surface area contributed by atoms with Gasteiger partial charge in [-0.2, -0.15) is 0 Å². The summed E-state index contributed by atoms with van der Waals surface area (Å²) >= 11 is 3.38. The quantitative estimate of drug-likeness (QED) is 0.644. The van der Waals surface area contributed by atoms with E-state index in [9.17, 15) is 4.79 Å². The number of carbonyl (C=O) groups is 1. The normalized spacial score (nSPS) is 11.2. The second-order valence-electron chi connectivity index (χ2n) is 3.86. The van der Waals surface area contributed by atoms with Crippen molar-refractivity contribution in [1.29, 1.82) is 0 Å². The molecule has 0 radical (unpaired) electrons. The van der Waals surface area contributed by atoms with Crippen LogP contribution in [0.3, 0.4) is 0 Å². The highest BCUT2D eigenvalue weighted by molar-refractivity contribution is 9.10. The molecule has 0 saturated heterocycles. The molecule has 0 saturated carbocycles. The van der Waals surface area contributed by atoms with E-state index in [1.54, 1.807) is 16.8 Å². The molecule has 0 unspecified atom stereocenters. The van der Waals surface area contributed by atoms with Crippen LogP contribution in [0.15, 0.2) is 41.3 Å². The van der Waals surface area contributed by atoms with Gasteiger partial charge in [-0.15, -0.1) is 0 Å². The molecule has 2 heterocycles. The number of nitrogens with zero attached hydrogens (tertiary/aromatic N) is 3. The van der Waals surface area contributed by atoms with Gasteiger partial charge in [0.15, 0.2) is 0 Å². The fraction of sp³-hybridized carbons (Fsp3) is 0.167. The van der Waals surface area contributed by atoms with Crippen LogP contribution >= 0.6 is 15.9 Å². The molecule has 0 bridgehead atoms.